The molecule has 1 N–H and O–H groups in total. The topological polar surface area (TPSA) is 119 Å². The van der Waals surface area contributed by atoms with Gasteiger partial charge in [0.05, 0.1) is 6.61 Å². The molecular formula is C27H30N2O7. The zero-order valence-corrected chi connectivity index (χ0v) is 20.2. The average molecular weight is 495 g/mol. The van der Waals surface area contributed by atoms with Crippen molar-refractivity contribution in [2.24, 2.45) is 0 Å². The molecule has 2 aromatic carbocycles. The molecule has 1 unspecified atom stereocenters. The van der Waals surface area contributed by atoms with E-state index >= 15 is 0 Å². The third-order valence-electron chi connectivity index (χ3n) is 5.87. The zero-order chi connectivity index (χ0) is 25.9. The molecule has 1 heterocycles. The van der Waals surface area contributed by atoms with Crippen molar-refractivity contribution in [3.8, 4) is 5.75 Å². The third kappa shape index (κ3) is 7.49. The molecule has 1 saturated heterocycles. The van der Waals surface area contributed by atoms with E-state index < -0.39 is 23.8 Å². The summed E-state index contributed by atoms with van der Waals surface area (Å²) in [6.45, 7) is 2.38. The van der Waals surface area contributed by atoms with Crippen LogP contribution in [0.4, 0.5) is 0 Å². The number of ether oxygens (including phenoxy) is 2. The van der Waals surface area contributed by atoms with Crippen LogP contribution in [0.25, 0.3) is 0 Å². The van der Waals surface area contributed by atoms with Crippen LogP contribution in [-0.2, 0) is 30.5 Å². The Morgan fingerprint density at radius 2 is 1.86 bits per heavy atom. The third-order valence-corrected chi connectivity index (χ3v) is 5.87. The fraction of sp³-hybridized carbons (Fsp3) is 0.370. The van der Waals surface area contributed by atoms with Gasteiger partial charge in [0.1, 0.15) is 18.4 Å². The lowest BCUT2D eigenvalue weighted by Gasteiger charge is -2.28. The highest BCUT2D eigenvalue weighted by Crippen LogP contribution is 2.22. The molecule has 0 saturated carbocycles. The van der Waals surface area contributed by atoms with Crippen LogP contribution in [0.5, 0.6) is 5.75 Å². The molecule has 190 valence electrons. The summed E-state index contributed by atoms with van der Waals surface area (Å²) in [5.41, 5.74) is 1.81. The summed E-state index contributed by atoms with van der Waals surface area (Å²) < 4.78 is 11.0. The molecule has 0 spiro atoms. The van der Waals surface area contributed by atoms with Gasteiger partial charge in [-0.3, -0.25) is 34.2 Å². The lowest BCUT2D eigenvalue weighted by atomic mass is 10.0. The van der Waals surface area contributed by atoms with Crippen LogP contribution in [0.2, 0.25) is 0 Å². The highest BCUT2D eigenvalue weighted by molar-refractivity contribution is 6.07. The summed E-state index contributed by atoms with van der Waals surface area (Å²) in [6.07, 6.45) is 2.95. The maximum atomic E-state index is 13.0. The highest BCUT2D eigenvalue weighted by Gasteiger charge is 2.35. The van der Waals surface area contributed by atoms with Crippen LogP contribution in [-0.4, -0.2) is 47.6 Å². The van der Waals surface area contributed by atoms with E-state index in [0.29, 0.717) is 43.6 Å². The number of rotatable bonds is 12. The molecule has 0 aromatic heterocycles. The maximum absolute atomic E-state index is 13.0. The standard InChI is InChI=1S/C27H30N2O7/c1-19-11-12-21(16-22(19)27(34)29(18-30)23-13-14-24(31)28-26(23)33)35-15-7-3-6-10-25(32)36-17-20-8-4-2-5-9-20/h2,4-5,8-9,11-12,16,18,23H,3,6-7,10,13-15,17H2,1H3,(H,28,31,33). The first kappa shape index (κ1) is 26.6. The second-order valence-corrected chi connectivity index (χ2v) is 8.57. The van der Waals surface area contributed by atoms with Crippen LogP contribution in [0.1, 0.15) is 60.0 Å². The molecule has 0 aliphatic carbocycles. The number of unbranched alkanes of at least 4 members (excludes halogenated alkanes) is 2. The molecule has 2 aromatic rings. The predicted molar refractivity (Wildman–Crippen MR) is 130 cm³/mol. The van der Waals surface area contributed by atoms with Crippen molar-refractivity contribution in [3.05, 3.63) is 65.2 Å². The van der Waals surface area contributed by atoms with E-state index in [-0.39, 0.29) is 31.0 Å². The van der Waals surface area contributed by atoms with Crippen LogP contribution in [0, 0.1) is 6.92 Å². The first-order valence-corrected chi connectivity index (χ1v) is 11.9. The monoisotopic (exact) mass is 494 g/mol. The second kappa shape index (κ2) is 13.2. The molecule has 9 heteroatoms. The van der Waals surface area contributed by atoms with Crippen molar-refractivity contribution >= 4 is 30.1 Å². The fourth-order valence-electron chi connectivity index (χ4n) is 3.82. The summed E-state index contributed by atoms with van der Waals surface area (Å²) in [6, 6.07) is 13.4. The van der Waals surface area contributed by atoms with E-state index in [0.717, 1.165) is 16.9 Å². The smallest absolute Gasteiger partial charge is 0.306 e. The summed E-state index contributed by atoms with van der Waals surface area (Å²) in [5.74, 6) is -1.50. The van der Waals surface area contributed by atoms with E-state index in [1.54, 1.807) is 25.1 Å². The number of amides is 4. The van der Waals surface area contributed by atoms with Gasteiger partial charge >= 0.3 is 5.97 Å². The molecule has 1 fully saturated rings. The molecule has 4 amide bonds. The molecule has 0 bridgehead atoms. The number of hydrogen-bond donors (Lipinski definition) is 1. The minimum Gasteiger partial charge on any atom is -0.494 e. The van der Waals surface area contributed by atoms with Crippen molar-refractivity contribution in [1.82, 2.24) is 10.2 Å². The molecule has 0 radical (unpaired) electrons. The number of benzene rings is 2. The van der Waals surface area contributed by atoms with Gasteiger partial charge < -0.3 is 9.47 Å². The van der Waals surface area contributed by atoms with Crippen LogP contribution >= 0.6 is 0 Å². The second-order valence-electron chi connectivity index (χ2n) is 8.57. The Labute approximate surface area is 209 Å². The number of imide groups is 2. The van der Waals surface area contributed by atoms with Gasteiger partial charge in [-0.1, -0.05) is 36.4 Å². The summed E-state index contributed by atoms with van der Waals surface area (Å²) >= 11 is 0. The largest absolute Gasteiger partial charge is 0.494 e. The van der Waals surface area contributed by atoms with E-state index in [2.05, 4.69) is 5.32 Å². The van der Waals surface area contributed by atoms with Gasteiger partial charge in [0.2, 0.25) is 18.2 Å². The molecule has 3 rings (SSSR count). The van der Waals surface area contributed by atoms with Crippen molar-refractivity contribution in [2.45, 2.75) is 58.1 Å². The Bertz CT molecular complexity index is 1100. The molecule has 1 aliphatic rings. The molecule has 1 aliphatic heterocycles. The van der Waals surface area contributed by atoms with Crippen LogP contribution in [0.15, 0.2) is 48.5 Å². The van der Waals surface area contributed by atoms with E-state index in [4.69, 9.17) is 9.47 Å². The van der Waals surface area contributed by atoms with Gasteiger partial charge in [0.25, 0.3) is 5.91 Å². The van der Waals surface area contributed by atoms with Gasteiger partial charge in [-0.2, -0.15) is 0 Å². The number of piperidine rings is 1. The molecule has 36 heavy (non-hydrogen) atoms. The minimum absolute atomic E-state index is 0.0565. The first-order valence-electron chi connectivity index (χ1n) is 11.9. The van der Waals surface area contributed by atoms with Gasteiger partial charge in [0, 0.05) is 18.4 Å². The number of nitrogens with zero attached hydrogens (tertiary/aromatic N) is 1. The van der Waals surface area contributed by atoms with Crippen LogP contribution < -0.4 is 10.1 Å². The molecule has 9 nitrogen and oxygen atoms in total. The van der Waals surface area contributed by atoms with E-state index in [9.17, 15) is 24.0 Å². The molecular weight excluding hydrogens is 464 g/mol. The first-order chi connectivity index (χ1) is 17.4. The number of hydrogen-bond acceptors (Lipinski definition) is 7. The van der Waals surface area contributed by atoms with Gasteiger partial charge in [-0.25, -0.2) is 0 Å². The number of carbonyl (C=O) groups is 5. The number of nitrogens with one attached hydrogen (secondary N) is 1. The predicted octanol–water partition coefficient (Wildman–Crippen LogP) is 3.08. The average Bonchev–Trinajstić information content (AvgIpc) is 2.88. The van der Waals surface area contributed by atoms with Crippen molar-refractivity contribution < 1.29 is 33.4 Å². The van der Waals surface area contributed by atoms with Gasteiger partial charge in [-0.05, 0) is 55.9 Å². The number of esters is 1. The van der Waals surface area contributed by atoms with Crippen molar-refractivity contribution in [2.75, 3.05) is 6.61 Å². The normalized spacial score (nSPS) is 15.1. The Hall–Kier alpha value is -4.01. The maximum Gasteiger partial charge on any atom is 0.306 e. The summed E-state index contributed by atoms with van der Waals surface area (Å²) in [4.78, 5) is 60.9. The van der Waals surface area contributed by atoms with E-state index in [1.165, 1.54) is 0 Å². The van der Waals surface area contributed by atoms with Crippen LogP contribution in [0.3, 0.4) is 0 Å². The summed E-state index contributed by atoms with van der Waals surface area (Å²) in [7, 11) is 0. The Morgan fingerprint density at radius 3 is 2.58 bits per heavy atom. The van der Waals surface area contributed by atoms with Gasteiger partial charge in [0.15, 0.2) is 0 Å². The summed E-state index contributed by atoms with van der Waals surface area (Å²) in [5, 5.41) is 2.16. The number of carbonyl (C=O) groups excluding carboxylic acids is 5. The zero-order valence-electron chi connectivity index (χ0n) is 20.2. The van der Waals surface area contributed by atoms with Gasteiger partial charge in [-0.15, -0.1) is 0 Å². The Kier molecular flexibility index (Phi) is 9.73. The Morgan fingerprint density at radius 1 is 1.08 bits per heavy atom. The molecule has 1 atom stereocenters. The van der Waals surface area contributed by atoms with Crippen molar-refractivity contribution in [1.29, 1.82) is 0 Å². The number of aryl methyl sites for hydroxylation is 1. The van der Waals surface area contributed by atoms with E-state index in [1.807, 2.05) is 30.3 Å². The Balaban J connectivity index is 1.44. The lowest BCUT2D eigenvalue weighted by molar-refractivity contribution is -0.145. The van der Waals surface area contributed by atoms with Crippen molar-refractivity contribution in [3.63, 3.8) is 0 Å². The lowest BCUT2D eigenvalue weighted by Crippen LogP contribution is -2.53. The fourth-order valence-corrected chi connectivity index (χ4v) is 3.82. The SMILES string of the molecule is Cc1ccc(OCCCCCC(=O)OCc2ccccc2)cc1C(=O)N(C=O)C1CCC(=O)NC1=O. The minimum atomic E-state index is -1.03. The quantitative estimate of drug-likeness (QED) is 0.208. The highest BCUT2D eigenvalue weighted by atomic mass is 16.5.